The molecule has 0 saturated carbocycles. The van der Waals surface area contributed by atoms with E-state index in [1.165, 1.54) is 30.3 Å². The molecular weight excluding hydrogens is 937 g/mol. The van der Waals surface area contributed by atoms with Crippen LogP contribution in [0.1, 0.15) is 0 Å². The number of carbonyl (C=O) groups excluding carboxylic acids is 1. The summed E-state index contributed by atoms with van der Waals surface area (Å²) < 4.78 is 99.5. The fraction of sp³-hybridized carbons (Fsp3) is 0. The Hall–Kier alpha value is -8.32. The van der Waals surface area contributed by atoms with E-state index in [2.05, 4.69) is 51.5 Å². The van der Waals surface area contributed by atoms with Gasteiger partial charge in [-0.3, -0.25) is 13.7 Å². The number of urea groups is 1. The molecule has 20 nitrogen and oxygen atoms in total. The van der Waals surface area contributed by atoms with Gasteiger partial charge in [0.25, 0.3) is 30.4 Å². The summed E-state index contributed by atoms with van der Waals surface area (Å²) in [5.41, 5.74) is 4.63. The topological polar surface area (TPSA) is 303 Å². The average Bonchev–Trinajstić information content (AvgIpc) is 3.31. The molecule has 340 valence electrons. The highest BCUT2D eigenvalue weighted by Gasteiger charge is 2.21. The molecule has 2 amide bonds. The Morgan fingerprint density at radius 3 is 1.07 bits per heavy atom. The van der Waals surface area contributed by atoms with E-state index in [9.17, 15) is 43.7 Å². The van der Waals surface area contributed by atoms with Gasteiger partial charge >= 0.3 is 6.03 Å². The highest BCUT2D eigenvalue weighted by Crippen LogP contribution is 2.33. The van der Waals surface area contributed by atoms with E-state index in [-0.39, 0.29) is 21.4 Å². The van der Waals surface area contributed by atoms with Crippen LogP contribution in [-0.2, 0) is 30.4 Å². The molecule has 8 aromatic carbocycles. The Bertz CT molecular complexity index is 3710. The van der Waals surface area contributed by atoms with Crippen LogP contribution in [0.15, 0.2) is 219 Å². The van der Waals surface area contributed by atoms with Crippen LogP contribution in [0.2, 0.25) is 0 Å². The van der Waals surface area contributed by atoms with E-state index in [1.54, 1.807) is 121 Å². The van der Waals surface area contributed by atoms with Gasteiger partial charge in [0.15, 0.2) is 0 Å². The van der Waals surface area contributed by atoms with E-state index in [1.807, 2.05) is 0 Å². The number of carbonyl (C=O) groups is 1. The normalized spacial score (nSPS) is 12.5. The van der Waals surface area contributed by atoms with Crippen molar-refractivity contribution in [3.63, 3.8) is 0 Å². The van der Waals surface area contributed by atoms with Crippen molar-refractivity contribution in [2.45, 2.75) is 14.7 Å². The fourth-order valence-electron chi connectivity index (χ4n) is 6.38. The molecule has 0 radical (unpaired) electrons. The summed E-state index contributed by atoms with van der Waals surface area (Å²) in [6.45, 7) is 0. The number of fused-ring (bicyclic) bond motifs is 2. The summed E-state index contributed by atoms with van der Waals surface area (Å²) in [5.74, 6) is 0. The first-order valence-electron chi connectivity index (χ1n) is 19.6. The van der Waals surface area contributed by atoms with Gasteiger partial charge in [0.2, 0.25) is 0 Å². The Morgan fingerprint density at radius 2 is 0.691 bits per heavy atom. The molecule has 23 heteroatoms. The highest BCUT2D eigenvalue weighted by molar-refractivity contribution is 7.87. The summed E-state index contributed by atoms with van der Waals surface area (Å²) in [5, 5.41) is 40.1. The highest BCUT2D eigenvalue weighted by atomic mass is 32.2. The van der Waals surface area contributed by atoms with Crippen LogP contribution in [0.4, 0.5) is 61.7 Å². The van der Waals surface area contributed by atoms with Crippen LogP contribution in [0, 0.1) is 0 Å². The van der Waals surface area contributed by atoms with Crippen LogP contribution in [0.25, 0.3) is 21.5 Å². The Morgan fingerprint density at radius 1 is 0.353 bits per heavy atom. The zero-order chi connectivity index (χ0) is 48.1. The van der Waals surface area contributed by atoms with Gasteiger partial charge in [0, 0.05) is 22.1 Å². The standard InChI is InChI=1S/C45H32N10O10S3/c56-45(46-30-8-12-32(13-9-30)48-50-34-16-20-36(21-17-34)52-54-38-6-4-28-2-1-3-43(41(28)25-38)67(60,61)62)47-31-10-14-33(15-11-31)49-51-35-18-22-37(23-19-35)53-55-39-7-5-29-24-40(66(57,58)59)27-44(42(29)26-39)68(63,64)65/h1-27H,(H2,46,47,56)(H,57,58,59)(H,60,61,62)(H,63,64,65). The monoisotopic (exact) mass is 968 g/mol. The first-order valence-corrected chi connectivity index (χ1v) is 23.9. The number of rotatable bonds is 13. The van der Waals surface area contributed by atoms with Gasteiger partial charge in [-0.05, 0) is 150 Å². The van der Waals surface area contributed by atoms with E-state index < -0.39 is 46.2 Å². The lowest BCUT2D eigenvalue weighted by atomic mass is 10.1. The molecule has 8 aromatic rings. The zero-order valence-corrected chi connectivity index (χ0v) is 37.0. The molecule has 68 heavy (non-hydrogen) atoms. The van der Waals surface area contributed by atoms with Crippen LogP contribution < -0.4 is 10.6 Å². The predicted molar refractivity (Wildman–Crippen MR) is 252 cm³/mol. The van der Waals surface area contributed by atoms with Crippen molar-refractivity contribution < 1.29 is 43.7 Å². The zero-order valence-electron chi connectivity index (χ0n) is 34.6. The Kier molecular flexibility index (Phi) is 13.1. The Balaban J connectivity index is 0.806. The van der Waals surface area contributed by atoms with Gasteiger partial charge in [0.1, 0.15) is 9.79 Å². The average molecular weight is 969 g/mol. The molecule has 0 aromatic heterocycles. The maximum absolute atomic E-state index is 12.7. The molecule has 8 rings (SSSR count). The number of azo groups is 4. The Labute approximate surface area is 386 Å². The molecule has 0 atom stereocenters. The first kappa shape index (κ1) is 46.2. The molecule has 0 bridgehead atoms. The van der Waals surface area contributed by atoms with Gasteiger partial charge < -0.3 is 10.6 Å². The summed E-state index contributed by atoms with van der Waals surface area (Å²) in [7, 11) is -14.0. The number of nitrogens with zero attached hydrogens (tertiary/aromatic N) is 8. The van der Waals surface area contributed by atoms with Crippen molar-refractivity contribution in [3.05, 3.63) is 164 Å². The van der Waals surface area contributed by atoms with Crippen LogP contribution >= 0.6 is 0 Å². The molecule has 0 fully saturated rings. The number of hydrogen-bond donors (Lipinski definition) is 5. The van der Waals surface area contributed by atoms with Gasteiger partial charge in [-0.15, -0.1) is 0 Å². The SMILES string of the molecule is O=C(Nc1ccc(N=Nc2ccc(N=Nc3ccc4cccc(S(=O)(=O)O)c4c3)cc2)cc1)Nc1ccc(N=Nc2ccc(N=Nc3ccc4cc(S(=O)(=O)O)cc(S(=O)(=O)O)c4c3)cc2)cc1. The maximum Gasteiger partial charge on any atom is 0.323 e. The molecule has 0 aliphatic heterocycles. The van der Waals surface area contributed by atoms with Crippen LogP contribution in [-0.4, -0.2) is 44.9 Å². The van der Waals surface area contributed by atoms with Crippen molar-refractivity contribution in [2.24, 2.45) is 40.9 Å². The second-order valence-electron chi connectivity index (χ2n) is 14.4. The van der Waals surface area contributed by atoms with E-state index >= 15 is 0 Å². The minimum atomic E-state index is -4.87. The lowest BCUT2D eigenvalue weighted by molar-refractivity contribution is 0.262. The number of nitrogens with one attached hydrogen (secondary N) is 2. The van der Waals surface area contributed by atoms with Crippen molar-refractivity contribution in [3.8, 4) is 0 Å². The minimum Gasteiger partial charge on any atom is -0.308 e. The van der Waals surface area contributed by atoms with Crippen LogP contribution in [0.3, 0.4) is 0 Å². The number of hydrogen-bond acceptors (Lipinski definition) is 15. The second kappa shape index (κ2) is 19.3. The van der Waals surface area contributed by atoms with Gasteiger partial charge in [0.05, 0.1) is 50.4 Å². The van der Waals surface area contributed by atoms with Crippen molar-refractivity contribution in [2.75, 3.05) is 10.6 Å². The molecule has 0 spiro atoms. The molecule has 0 heterocycles. The molecule has 5 N–H and O–H groups in total. The third-order valence-corrected chi connectivity index (χ3v) is 12.3. The smallest absolute Gasteiger partial charge is 0.308 e. The predicted octanol–water partition coefficient (Wildman–Crippen LogP) is 13.0. The van der Waals surface area contributed by atoms with E-state index in [0.717, 1.165) is 6.07 Å². The summed E-state index contributed by atoms with van der Waals surface area (Å²) in [6, 6.07) is 41.5. The van der Waals surface area contributed by atoms with Crippen molar-refractivity contribution in [1.29, 1.82) is 0 Å². The molecule has 0 aliphatic carbocycles. The lowest BCUT2D eigenvalue weighted by Crippen LogP contribution is -2.19. The van der Waals surface area contributed by atoms with Crippen LogP contribution in [0.5, 0.6) is 0 Å². The fourth-order valence-corrected chi connectivity index (χ4v) is 8.43. The third kappa shape index (κ3) is 11.7. The number of anilines is 2. The van der Waals surface area contributed by atoms with Gasteiger partial charge in [-0.25, -0.2) is 4.79 Å². The maximum atomic E-state index is 12.7. The quantitative estimate of drug-likeness (QED) is 0.0537. The molecule has 0 unspecified atom stereocenters. The van der Waals surface area contributed by atoms with Crippen molar-refractivity contribution >= 4 is 115 Å². The second-order valence-corrected chi connectivity index (χ2v) is 18.6. The molecule has 0 saturated heterocycles. The van der Waals surface area contributed by atoms with Gasteiger partial charge in [-0.1, -0.05) is 24.3 Å². The largest absolute Gasteiger partial charge is 0.323 e. The number of benzene rings is 8. The van der Waals surface area contributed by atoms with E-state index in [0.29, 0.717) is 68.0 Å². The minimum absolute atomic E-state index is 0.0298. The third-order valence-electron chi connectivity index (χ3n) is 9.63. The van der Waals surface area contributed by atoms with E-state index in [4.69, 9.17) is 0 Å². The first-order chi connectivity index (χ1) is 32.4. The van der Waals surface area contributed by atoms with Gasteiger partial charge in [-0.2, -0.15) is 66.2 Å². The lowest BCUT2D eigenvalue weighted by Gasteiger charge is -2.08. The van der Waals surface area contributed by atoms with Crippen molar-refractivity contribution in [1.82, 2.24) is 0 Å². The summed E-state index contributed by atoms with van der Waals surface area (Å²) in [6.07, 6.45) is 0. The molecule has 0 aliphatic rings. The summed E-state index contributed by atoms with van der Waals surface area (Å²) >= 11 is 0. The number of amides is 2. The summed E-state index contributed by atoms with van der Waals surface area (Å²) in [4.78, 5) is 11.1. The molecular formula is C45H32N10O10S3.